The largest absolute Gasteiger partial charge is 0.493 e. The van der Waals surface area contributed by atoms with Crippen molar-refractivity contribution in [2.45, 2.75) is 32.1 Å². The first-order chi connectivity index (χ1) is 9.65. The van der Waals surface area contributed by atoms with Gasteiger partial charge in [0.2, 0.25) is 0 Å². The Labute approximate surface area is 133 Å². The van der Waals surface area contributed by atoms with Crippen LogP contribution in [0, 0.1) is 0 Å². The van der Waals surface area contributed by atoms with Gasteiger partial charge in [0.25, 0.3) is 0 Å². The number of ether oxygens (including phenoxy) is 2. The van der Waals surface area contributed by atoms with E-state index in [0.29, 0.717) is 5.88 Å². The van der Waals surface area contributed by atoms with Crippen molar-refractivity contribution in [3.8, 4) is 5.75 Å². The molecule has 2 unspecified atom stereocenters. The molecule has 0 aromatic heterocycles. The number of hydrogen-bond donors (Lipinski definition) is 0. The molecule has 0 amide bonds. The Morgan fingerprint density at radius 3 is 3.05 bits per heavy atom. The van der Waals surface area contributed by atoms with Gasteiger partial charge in [-0.2, -0.15) is 0 Å². The van der Waals surface area contributed by atoms with Crippen LogP contribution in [0.15, 0.2) is 16.6 Å². The number of hydrogen-bond acceptors (Lipinski definition) is 3. The third kappa shape index (κ3) is 3.14. The fraction of sp³-hybridized carbons (Fsp3) is 0.600. The van der Waals surface area contributed by atoms with Gasteiger partial charge in [-0.15, -0.1) is 11.6 Å². The summed E-state index contributed by atoms with van der Waals surface area (Å²) in [6.07, 6.45) is 1.36. The van der Waals surface area contributed by atoms with E-state index in [1.807, 2.05) is 0 Å². The smallest absolute Gasteiger partial charge is 0.127 e. The molecule has 0 radical (unpaired) electrons. The van der Waals surface area contributed by atoms with Crippen LogP contribution in [0.25, 0.3) is 0 Å². The lowest BCUT2D eigenvalue weighted by Crippen LogP contribution is -2.46. The van der Waals surface area contributed by atoms with E-state index in [4.69, 9.17) is 21.1 Å². The molecule has 110 valence electrons. The second-order valence-corrected chi connectivity index (χ2v) is 6.79. The summed E-state index contributed by atoms with van der Waals surface area (Å²) in [6, 6.07) is 4.33. The SMILES string of the molecule is CC1CN(Cc2cc(Br)cc3c2OCC3)CC(CCl)O1. The fourth-order valence-electron chi connectivity index (χ4n) is 3.06. The Morgan fingerprint density at radius 2 is 2.25 bits per heavy atom. The molecule has 2 aliphatic rings. The van der Waals surface area contributed by atoms with Crippen molar-refractivity contribution in [3.05, 3.63) is 27.7 Å². The molecule has 1 aromatic rings. The van der Waals surface area contributed by atoms with Gasteiger partial charge in [0.05, 0.1) is 18.8 Å². The highest BCUT2D eigenvalue weighted by molar-refractivity contribution is 9.10. The number of rotatable bonds is 3. The minimum Gasteiger partial charge on any atom is -0.493 e. The van der Waals surface area contributed by atoms with Gasteiger partial charge in [0.1, 0.15) is 5.75 Å². The number of halogens is 2. The van der Waals surface area contributed by atoms with Gasteiger partial charge < -0.3 is 9.47 Å². The van der Waals surface area contributed by atoms with Crippen LogP contribution in [-0.4, -0.2) is 42.7 Å². The van der Waals surface area contributed by atoms with E-state index in [9.17, 15) is 0 Å². The van der Waals surface area contributed by atoms with E-state index in [0.717, 1.165) is 42.9 Å². The molecule has 3 rings (SSSR count). The molecular formula is C15H19BrClNO2. The van der Waals surface area contributed by atoms with E-state index in [1.165, 1.54) is 11.1 Å². The van der Waals surface area contributed by atoms with Crippen molar-refractivity contribution in [2.75, 3.05) is 25.6 Å². The van der Waals surface area contributed by atoms with E-state index >= 15 is 0 Å². The van der Waals surface area contributed by atoms with Crippen molar-refractivity contribution in [3.63, 3.8) is 0 Å². The normalized spacial score (nSPS) is 26.4. The summed E-state index contributed by atoms with van der Waals surface area (Å²) < 4.78 is 12.7. The van der Waals surface area contributed by atoms with Crippen molar-refractivity contribution < 1.29 is 9.47 Å². The van der Waals surface area contributed by atoms with Crippen molar-refractivity contribution in [1.82, 2.24) is 4.90 Å². The zero-order valence-corrected chi connectivity index (χ0v) is 13.9. The van der Waals surface area contributed by atoms with Crippen LogP contribution >= 0.6 is 27.5 Å². The molecule has 1 saturated heterocycles. The van der Waals surface area contributed by atoms with Gasteiger partial charge in [0.15, 0.2) is 0 Å². The lowest BCUT2D eigenvalue weighted by Gasteiger charge is -2.36. The average Bonchev–Trinajstić information content (AvgIpc) is 2.86. The third-order valence-corrected chi connectivity index (χ3v) is 4.60. The highest BCUT2D eigenvalue weighted by Crippen LogP contribution is 2.34. The highest BCUT2D eigenvalue weighted by Gasteiger charge is 2.26. The number of benzene rings is 1. The molecule has 0 saturated carbocycles. The topological polar surface area (TPSA) is 21.7 Å². The highest BCUT2D eigenvalue weighted by atomic mass is 79.9. The predicted octanol–water partition coefficient (Wildman–Crippen LogP) is 3.21. The standard InChI is InChI=1S/C15H19BrClNO2/c1-10-7-18(9-14(6-17)20-10)8-12-5-13(16)4-11-2-3-19-15(11)12/h4-5,10,14H,2-3,6-9H2,1H3. The van der Waals surface area contributed by atoms with Crippen LogP contribution in [0.5, 0.6) is 5.75 Å². The monoisotopic (exact) mass is 359 g/mol. The van der Waals surface area contributed by atoms with Gasteiger partial charge in [-0.25, -0.2) is 0 Å². The van der Waals surface area contributed by atoms with Gasteiger partial charge >= 0.3 is 0 Å². The van der Waals surface area contributed by atoms with Crippen LogP contribution in [0.4, 0.5) is 0 Å². The van der Waals surface area contributed by atoms with Crippen LogP contribution in [0.3, 0.4) is 0 Å². The fourth-order valence-corrected chi connectivity index (χ4v) is 3.78. The number of nitrogens with zero attached hydrogens (tertiary/aromatic N) is 1. The van der Waals surface area contributed by atoms with Crippen molar-refractivity contribution in [1.29, 1.82) is 0 Å². The summed E-state index contributed by atoms with van der Waals surface area (Å²) in [5.74, 6) is 1.63. The van der Waals surface area contributed by atoms with Gasteiger partial charge in [-0.05, 0) is 24.6 Å². The van der Waals surface area contributed by atoms with E-state index in [-0.39, 0.29) is 12.2 Å². The summed E-state index contributed by atoms with van der Waals surface area (Å²) >= 11 is 9.55. The minimum atomic E-state index is 0.126. The third-order valence-electron chi connectivity index (χ3n) is 3.79. The van der Waals surface area contributed by atoms with Crippen molar-refractivity contribution >= 4 is 27.5 Å². The lowest BCUT2D eigenvalue weighted by atomic mass is 10.1. The summed E-state index contributed by atoms with van der Waals surface area (Å²) in [5.41, 5.74) is 2.57. The van der Waals surface area contributed by atoms with Gasteiger partial charge in [-0.1, -0.05) is 15.9 Å². The zero-order valence-electron chi connectivity index (χ0n) is 11.6. The number of fused-ring (bicyclic) bond motifs is 1. The van der Waals surface area contributed by atoms with Crippen LogP contribution < -0.4 is 4.74 Å². The first-order valence-corrected chi connectivity index (χ1v) is 8.36. The summed E-state index contributed by atoms with van der Waals surface area (Å²) in [5, 5.41) is 0. The van der Waals surface area contributed by atoms with E-state index in [1.54, 1.807) is 0 Å². The van der Waals surface area contributed by atoms with Crippen LogP contribution in [0.2, 0.25) is 0 Å². The maximum atomic E-state index is 5.95. The quantitative estimate of drug-likeness (QED) is 0.773. The number of alkyl halides is 1. The molecule has 0 N–H and O–H groups in total. The Bertz CT molecular complexity index is 497. The predicted molar refractivity (Wildman–Crippen MR) is 83.7 cm³/mol. The Balaban J connectivity index is 1.77. The van der Waals surface area contributed by atoms with Crippen LogP contribution in [0.1, 0.15) is 18.1 Å². The summed E-state index contributed by atoms with van der Waals surface area (Å²) in [4.78, 5) is 2.41. The molecule has 2 heterocycles. The molecule has 2 atom stereocenters. The molecule has 0 bridgehead atoms. The van der Waals surface area contributed by atoms with E-state index < -0.39 is 0 Å². The molecule has 2 aliphatic heterocycles. The van der Waals surface area contributed by atoms with Gasteiger partial charge in [0, 0.05) is 42.0 Å². The molecule has 1 fully saturated rings. The second-order valence-electron chi connectivity index (χ2n) is 5.57. The minimum absolute atomic E-state index is 0.126. The Kier molecular flexibility index (Phi) is 4.55. The molecule has 20 heavy (non-hydrogen) atoms. The van der Waals surface area contributed by atoms with Crippen molar-refractivity contribution in [2.24, 2.45) is 0 Å². The van der Waals surface area contributed by atoms with Gasteiger partial charge in [-0.3, -0.25) is 4.90 Å². The average molecular weight is 361 g/mol. The Hall–Kier alpha value is -0.290. The molecule has 1 aromatic carbocycles. The summed E-state index contributed by atoms with van der Waals surface area (Å²) in [7, 11) is 0. The van der Waals surface area contributed by atoms with E-state index in [2.05, 4.69) is 39.9 Å². The maximum Gasteiger partial charge on any atom is 0.127 e. The maximum absolute atomic E-state index is 5.95. The van der Waals surface area contributed by atoms with Crippen LogP contribution in [-0.2, 0) is 17.7 Å². The zero-order chi connectivity index (χ0) is 14.1. The first kappa shape index (κ1) is 14.6. The molecule has 5 heteroatoms. The molecule has 0 aliphatic carbocycles. The molecule has 3 nitrogen and oxygen atoms in total. The summed E-state index contributed by atoms with van der Waals surface area (Å²) in [6.45, 7) is 5.61. The lowest BCUT2D eigenvalue weighted by molar-refractivity contribution is -0.0690. The Morgan fingerprint density at radius 1 is 1.40 bits per heavy atom. The molecular weight excluding hydrogens is 342 g/mol. The first-order valence-electron chi connectivity index (χ1n) is 7.03. The second kappa shape index (κ2) is 6.22. The molecule has 0 spiro atoms. The number of morpholine rings is 1.